The van der Waals surface area contributed by atoms with Crippen LogP contribution in [-0.4, -0.2) is 23.4 Å². The van der Waals surface area contributed by atoms with E-state index in [0.717, 1.165) is 16.7 Å². The van der Waals surface area contributed by atoms with Crippen molar-refractivity contribution in [3.8, 4) is 0 Å². The molecule has 2 unspecified atom stereocenters. The van der Waals surface area contributed by atoms with Crippen LogP contribution >= 0.6 is 0 Å². The minimum atomic E-state index is 0.0398. The summed E-state index contributed by atoms with van der Waals surface area (Å²) in [6.45, 7) is 3.91. The first-order valence-corrected chi connectivity index (χ1v) is 4.79. The summed E-state index contributed by atoms with van der Waals surface area (Å²) in [4.78, 5) is 0. The Morgan fingerprint density at radius 1 is 1.21 bits per heavy atom. The van der Waals surface area contributed by atoms with Crippen LogP contribution in [-0.2, 0) is 0 Å². The molecule has 0 amide bonds. The van der Waals surface area contributed by atoms with E-state index in [2.05, 4.69) is 12.6 Å². The average molecular weight is 190 g/mol. The molecule has 0 spiro atoms. The van der Waals surface area contributed by atoms with Crippen molar-refractivity contribution in [2.45, 2.75) is 11.8 Å². The molecule has 1 aliphatic carbocycles. The Morgan fingerprint density at radius 3 is 2.50 bits per heavy atom. The highest BCUT2D eigenvalue weighted by atomic mass is 16.3. The van der Waals surface area contributed by atoms with Gasteiger partial charge in [0.15, 0.2) is 0 Å². The third-order valence-corrected chi connectivity index (χ3v) is 3.04. The molecule has 0 heterocycles. The standard InChI is InChI=1S/C12H14O2/c1-2-8-3-4-9-5-10(8)12(7-14)11(9)6-13/h2-5,11-14H,1,6-7H2. The van der Waals surface area contributed by atoms with E-state index in [1.807, 2.05) is 12.1 Å². The summed E-state index contributed by atoms with van der Waals surface area (Å²) in [5, 5.41) is 18.5. The van der Waals surface area contributed by atoms with Gasteiger partial charge < -0.3 is 10.2 Å². The van der Waals surface area contributed by atoms with Gasteiger partial charge in [-0.3, -0.25) is 0 Å². The summed E-state index contributed by atoms with van der Waals surface area (Å²) in [7, 11) is 0. The van der Waals surface area contributed by atoms with E-state index in [-0.39, 0.29) is 25.0 Å². The molecule has 2 heteroatoms. The highest BCUT2D eigenvalue weighted by Crippen LogP contribution is 2.41. The van der Waals surface area contributed by atoms with Gasteiger partial charge in [-0.15, -0.1) is 0 Å². The lowest BCUT2D eigenvalue weighted by atomic mass is 9.91. The van der Waals surface area contributed by atoms with E-state index in [4.69, 9.17) is 0 Å². The van der Waals surface area contributed by atoms with Crippen LogP contribution in [0, 0.1) is 0 Å². The van der Waals surface area contributed by atoms with Gasteiger partial charge in [0.1, 0.15) is 0 Å². The Hall–Kier alpha value is -1.12. The minimum absolute atomic E-state index is 0.0398. The van der Waals surface area contributed by atoms with Crippen LogP contribution in [0.3, 0.4) is 0 Å². The van der Waals surface area contributed by atoms with Gasteiger partial charge in [0, 0.05) is 11.8 Å². The maximum atomic E-state index is 9.29. The van der Waals surface area contributed by atoms with Gasteiger partial charge in [-0.1, -0.05) is 30.9 Å². The summed E-state index contributed by atoms with van der Waals surface area (Å²) >= 11 is 0. The van der Waals surface area contributed by atoms with Crippen LogP contribution in [0.2, 0.25) is 0 Å². The fourth-order valence-electron chi connectivity index (χ4n) is 2.24. The summed E-state index contributed by atoms with van der Waals surface area (Å²) < 4.78 is 0. The molecule has 2 atom stereocenters. The first kappa shape index (κ1) is 9.44. The van der Waals surface area contributed by atoms with Gasteiger partial charge in [0.25, 0.3) is 0 Å². The van der Waals surface area contributed by atoms with E-state index < -0.39 is 0 Å². The number of hydrogen-bond acceptors (Lipinski definition) is 2. The second-order valence-corrected chi connectivity index (χ2v) is 3.67. The number of rotatable bonds is 3. The monoisotopic (exact) mass is 190 g/mol. The molecule has 2 rings (SSSR count). The molecule has 0 fully saturated rings. The second-order valence-electron chi connectivity index (χ2n) is 3.67. The third-order valence-electron chi connectivity index (χ3n) is 3.04. The predicted octanol–water partition coefficient (Wildman–Crippen LogP) is 1.50. The molecule has 0 saturated heterocycles. The number of fused-ring (bicyclic) bond motifs is 2. The molecule has 0 radical (unpaired) electrons. The SMILES string of the molecule is C=Cc1ccc2cc1C(CO)C2CO. The van der Waals surface area contributed by atoms with Crippen molar-refractivity contribution < 1.29 is 10.2 Å². The smallest absolute Gasteiger partial charge is 0.0506 e. The topological polar surface area (TPSA) is 40.5 Å². The second kappa shape index (κ2) is 3.56. The van der Waals surface area contributed by atoms with E-state index in [9.17, 15) is 10.2 Å². The van der Waals surface area contributed by atoms with Crippen molar-refractivity contribution in [1.29, 1.82) is 0 Å². The molecule has 0 aromatic heterocycles. The average Bonchev–Trinajstić information content (AvgIpc) is 2.51. The van der Waals surface area contributed by atoms with Gasteiger partial charge in [0.05, 0.1) is 13.2 Å². The van der Waals surface area contributed by atoms with Gasteiger partial charge in [-0.2, -0.15) is 0 Å². The lowest BCUT2D eigenvalue weighted by molar-refractivity contribution is 0.202. The number of aliphatic hydroxyl groups is 2. The molecule has 2 nitrogen and oxygen atoms in total. The first-order chi connectivity index (χ1) is 6.81. The first-order valence-electron chi connectivity index (χ1n) is 4.79. The summed E-state index contributed by atoms with van der Waals surface area (Å²) in [5.41, 5.74) is 3.29. The molecule has 74 valence electrons. The molecule has 2 N–H and O–H groups in total. The van der Waals surface area contributed by atoms with Crippen molar-refractivity contribution in [3.63, 3.8) is 0 Å². The van der Waals surface area contributed by atoms with Crippen molar-refractivity contribution in [3.05, 3.63) is 41.5 Å². The fraction of sp³-hybridized carbons (Fsp3) is 0.333. The molecule has 0 saturated carbocycles. The zero-order valence-corrected chi connectivity index (χ0v) is 7.98. The molecule has 2 bridgehead atoms. The highest BCUT2D eigenvalue weighted by molar-refractivity contribution is 5.58. The van der Waals surface area contributed by atoms with Crippen LogP contribution in [0.15, 0.2) is 24.8 Å². The Morgan fingerprint density at radius 2 is 1.93 bits per heavy atom. The van der Waals surface area contributed by atoms with E-state index in [1.54, 1.807) is 6.08 Å². The maximum absolute atomic E-state index is 9.29. The molecule has 1 aromatic carbocycles. The van der Waals surface area contributed by atoms with E-state index >= 15 is 0 Å². The Balaban J connectivity index is 2.47. The predicted molar refractivity (Wildman–Crippen MR) is 56.2 cm³/mol. The van der Waals surface area contributed by atoms with Crippen molar-refractivity contribution in [2.75, 3.05) is 13.2 Å². The molecule has 14 heavy (non-hydrogen) atoms. The zero-order chi connectivity index (χ0) is 10.1. The van der Waals surface area contributed by atoms with E-state index in [0.29, 0.717) is 0 Å². The normalized spacial score (nSPS) is 23.9. The molecular weight excluding hydrogens is 176 g/mol. The molecular formula is C12H14O2. The lowest BCUT2D eigenvalue weighted by Gasteiger charge is -2.16. The molecule has 0 aliphatic heterocycles. The lowest BCUT2D eigenvalue weighted by Crippen LogP contribution is -2.12. The van der Waals surface area contributed by atoms with Gasteiger partial charge in [-0.05, 0) is 16.7 Å². The maximum Gasteiger partial charge on any atom is 0.0506 e. The Kier molecular flexibility index (Phi) is 2.40. The minimum Gasteiger partial charge on any atom is -0.396 e. The van der Waals surface area contributed by atoms with Crippen LogP contribution in [0.25, 0.3) is 6.08 Å². The number of hydrogen-bond donors (Lipinski definition) is 2. The van der Waals surface area contributed by atoms with E-state index in [1.165, 1.54) is 0 Å². The van der Waals surface area contributed by atoms with Gasteiger partial charge in [0.2, 0.25) is 0 Å². The molecule has 1 aromatic rings. The quantitative estimate of drug-likeness (QED) is 0.758. The number of benzene rings is 1. The fourth-order valence-corrected chi connectivity index (χ4v) is 2.24. The largest absolute Gasteiger partial charge is 0.396 e. The summed E-state index contributed by atoms with van der Waals surface area (Å²) in [5.74, 6) is 0.0988. The van der Waals surface area contributed by atoms with Crippen LogP contribution in [0.4, 0.5) is 0 Å². The van der Waals surface area contributed by atoms with Crippen LogP contribution < -0.4 is 0 Å². The Labute approximate surface area is 83.5 Å². The van der Waals surface area contributed by atoms with Gasteiger partial charge >= 0.3 is 0 Å². The highest BCUT2D eigenvalue weighted by Gasteiger charge is 2.31. The van der Waals surface area contributed by atoms with Crippen molar-refractivity contribution >= 4 is 6.08 Å². The summed E-state index contributed by atoms with van der Waals surface area (Å²) in [6, 6.07) is 6.05. The molecule has 1 aliphatic rings. The van der Waals surface area contributed by atoms with Crippen molar-refractivity contribution in [1.82, 2.24) is 0 Å². The third kappa shape index (κ3) is 1.19. The van der Waals surface area contributed by atoms with Gasteiger partial charge in [-0.25, -0.2) is 0 Å². The van der Waals surface area contributed by atoms with Crippen LogP contribution in [0.1, 0.15) is 28.5 Å². The van der Waals surface area contributed by atoms with Crippen molar-refractivity contribution in [2.24, 2.45) is 0 Å². The van der Waals surface area contributed by atoms with Crippen LogP contribution in [0.5, 0.6) is 0 Å². The Bertz CT molecular complexity index is 357. The summed E-state index contributed by atoms with van der Waals surface area (Å²) in [6.07, 6.45) is 1.79. The zero-order valence-electron chi connectivity index (χ0n) is 7.98. The number of aliphatic hydroxyl groups excluding tert-OH is 2.